The summed E-state index contributed by atoms with van der Waals surface area (Å²) in [6, 6.07) is 5.13. The molecule has 2 amide bonds. The average Bonchev–Trinajstić information content (AvgIpc) is 3.50. The Bertz CT molecular complexity index is 1030. The van der Waals surface area contributed by atoms with Crippen molar-refractivity contribution in [3.63, 3.8) is 0 Å². The van der Waals surface area contributed by atoms with E-state index < -0.39 is 6.03 Å². The molecular formula is C20H22N6O2S2. The smallest absolute Gasteiger partial charge is 0.323 e. The Kier molecular flexibility index (Phi) is 6.44. The monoisotopic (exact) mass is 442 g/mol. The highest BCUT2D eigenvalue weighted by Gasteiger charge is 2.26. The number of aromatic nitrogens is 4. The van der Waals surface area contributed by atoms with E-state index in [-0.39, 0.29) is 11.7 Å². The average molecular weight is 443 g/mol. The third kappa shape index (κ3) is 5.06. The van der Waals surface area contributed by atoms with Gasteiger partial charge in [-0.1, -0.05) is 36.2 Å². The van der Waals surface area contributed by atoms with E-state index in [1.807, 2.05) is 19.1 Å². The molecule has 1 aliphatic carbocycles. The topological polar surface area (TPSA) is 113 Å². The van der Waals surface area contributed by atoms with Crippen molar-refractivity contribution in [3.05, 3.63) is 46.7 Å². The summed E-state index contributed by atoms with van der Waals surface area (Å²) in [6.07, 6.45) is 7.28. The van der Waals surface area contributed by atoms with Crippen LogP contribution < -0.4 is 10.6 Å². The summed E-state index contributed by atoms with van der Waals surface area (Å²) in [5, 5.41) is 14.5. The summed E-state index contributed by atoms with van der Waals surface area (Å²) in [4.78, 5) is 33.6. The minimum Gasteiger partial charge on any atom is -0.323 e. The van der Waals surface area contributed by atoms with Crippen LogP contribution in [0.15, 0.2) is 35.9 Å². The summed E-state index contributed by atoms with van der Waals surface area (Å²) in [5.74, 6) is 0.847. The van der Waals surface area contributed by atoms with Gasteiger partial charge in [0.15, 0.2) is 16.1 Å². The Morgan fingerprint density at radius 2 is 2.10 bits per heavy atom. The number of ketones is 1. The number of aryl methyl sites for hydroxylation is 1. The Morgan fingerprint density at radius 1 is 1.27 bits per heavy atom. The van der Waals surface area contributed by atoms with Crippen LogP contribution in [-0.4, -0.2) is 32.0 Å². The molecular weight excluding hydrogens is 420 g/mol. The second-order valence-corrected chi connectivity index (χ2v) is 9.27. The number of amides is 2. The molecule has 1 fully saturated rings. The minimum absolute atomic E-state index is 0.0544. The molecule has 10 heteroatoms. The molecule has 3 N–H and O–H groups in total. The summed E-state index contributed by atoms with van der Waals surface area (Å²) in [6.45, 7) is 1.95. The van der Waals surface area contributed by atoms with Gasteiger partial charge in [0.1, 0.15) is 6.33 Å². The molecule has 0 saturated heterocycles. The second kappa shape index (κ2) is 9.40. The van der Waals surface area contributed by atoms with Gasteiger partial charge in [-0.3, -0.25) is 10.1 Å². The van der Waals surface area contributed by atoms with E-state index in [0.29, 0.717) is 22.1 Å². The first-order chi connectivity index (χ1) is 14.6. The molecule has 0 radical (unpaired) electrons. The third-order valence-corrected chi connectivity index (χ3v) is 6.96. The predicted octanol–water partition coefficient (Wildman–Crippen LogP) is 4.88. The van der Waals surface area contributed by atoms with Crippen LogP contribution in [0.3, 0.4) is 0 Å². The summed E-state index contributed by atoms with van der Waals surface area (Å²) >= 11 is 2.90. The number of nitrogens with one attached hydrogen (secondary N) is 3. The van der Waals surface area contributed by atoms with Gasteiger partial charge in [0, 0.05) is 28.3 Å². The van der Waals surface area contributed by atoms with Crippen molar-refractivity contribution in [2.75, 3.05) is 10.6 Å². The number of Topliss-reactive ketones (excluding diaryl/α,β-unsaturated/α-hetero) is 1. The minimum atomic E-state index is -0.414. The maximum atomic E-state index is 12.9. The van der Waals surface area contributed by atoms with Gasteiger partial charge in [-0.05, 0) is 31.9 Å². The zero-order valence-electron chi connectivity index (χ0n) is 16.5. The van der Waals surface area contributed by atoms with Gasteiger partial charge in [0.2, 0.25) is 0 Å². The van der Waals surface area contributed by atoms with Gasteiger partial charge >= 0.3 is 6.03 Å². The van der Waals surface area contributed by atoms with E-state index in [9.17, 15) is 9.59 Å². The van der Waals surface area contributed by atoms with E-state index in [4.69, 9.17) is 0 Å². The maximum absolute atomic E-state index is 12.9. The number of hydrogen-bond acceptors (Lipinski definition) is 7. The fourth-order valence-corrected chi connectivity index (χ4v) is 5.08. The first-order valence-electron chi connectivity index (χ1n) is 9.75. The lowest BCUT2D eigenvalue weighted by molar-refractivity contribution is 0.0923. The zero-order chi connectivity index (χ0) is 20.9. The maximum Gasteiger partial charge on any atom is 0.325 e. The molecule has 156 valence electrons. The number of H-pyrrole nitrogens is 1. The third-order valence-electron chi connectivity index (χ3n) is 4.93. The van der Waals surface area contributed by atoms with E-state index in [2.05, 4.69) is 30.8 Å². The van der Waals surface area contributed by atoms with Crippen LogP contribution in [0.4, 0.5) is 15.6 Å². The normalized spacial score (nSPS) is 14.0. The lowest BCUT2D eigenvalue weighted by Gasteiger charge is -2.14. The molecule has 0 bridgehead atoms. The van der Waals surface area contributed by atoms with Crippen LogP contribution in [-0.2, 0) is 5.75 Å². The van der Waals surface area contributed by atoms with Crippen molar-refractivity contribution in [2.24, 2.45) is 5.92 Å². The van der Waals surface area contributed by atoms with Crippen LogP contribution in [0.25, 0.3) is 0 Å². The quantitative estimate of drug-likeness (QED) is 0.355. The molecule has 0 atom stereocenters. The molecule has 2 aromatic heterocycles. The lowest BCUT2D eigenvalue weighted by Crippen LogP contribution is -2.22. The molecule has 1 saturated carbocycles. The van der Waals surface area contributed by atoms with Gasteiger partial charge in [-0.25, -0.2) is 9.78 Å². The highest BCUT2D eigenvalue weighted by atomic mass is 32.2. The number of urea groups is 1. The van der Waals surface area contributed by atoms with Gasteiger partial charge in [0.05, 0.1) is 5.69 Å². The van der Waals surface area contributed by atoms with E-state index >= 15 is 0 Å². The summed E-state index contributed by atoms with van der Waals surface area (Å²) in [7, 11) is 0. The van der Waals surface area contributed by atoms with Gasteiger partial charge < -0.3 is 10.3 Å². The summed E-state index contributed by atoms with van der Waals surface area (Å²) in [5.41, 5.74) is 2.11. The fraction of sp³-hybridized carbons (Fsp3) is 0.350. The number of thioether (sulfide) groups is 1. The number of benzene rings is 1. The Labute approximate surface area is 182 Å². The molecule has 3 aromatic rings. The van der Waals surface area contributed by atoms with Crippen molar-refractivity contribution < 1.29 is 9.59 Å². The van der Waals surface area contributed by atoms with Gasteiger partial charge in [-0.15, -0.1) is 21.5 Å². The molecule has 0 spiro atoms. The van der Waals surface area contributed by atoms with Crippen molar-refractivity contribution in [3.8, 4) is 0 Å². The van der Waals surface area contributed by atoms with Crippen LogP contribution in [0.5, 0.6) is 0 Å². The first kappa shape index (κ1) is 20.5. The SMILES string of the molecule is Cc1ccc(NC(=O)Nc2ncc(CSc3nnc[nH]3)s2)c(C(=O)C2CCCC2)c1. The zero-order valence-corrected chi connectivity index (χ0v) is 18.1. The molecule has 30 heavy (non-hydrogen) atoms. The number of anilines is 2. The van der Waals surface area contributed by atoms with Crippen LogP contribution in [0.1, 0.15) is 46.5 Å². The van der Waals surface area contributed by atoms with Crippen LogP contribution >= 0.6 is 23.1 Å². The number of hydrogen-bond donors (Lipinski definition) is 3. The van der Waals surface area contributed by atoms with E-state index in [1.54, 1.807) is 12.3 Å². The standard InChI is InChI=1S/C20H22N6O2S2/c1-12-6-7-16(15(8-12)17(27)13-4-2-3-5-13)24-18(28)25-19-21-9-14(30-19)10-29-20-22-11-23-26-20/h6-9,11,13H,2-5,10H2,1H3,(H,22,23,26)(H2,21,24,25,28). The molecule has 0 aliphatic heterocycles. The number of carbonyl (C=O) groups excluding carboxylic acids is 2. The second-order valence-electron chi connectivity index (χ2n) is 7.19. The lowest BCUT2D eigenvalue weighted by atomic mass is 9.94. The van der Waals surface area contributed by atoms with Crippen LogP contribution in [0, 0.1) is 12.8 Å². The van der Waals surface area contributed by atoms with E-state index in [1.165, 1.54) is 29.4 Å². The molecule has 1 aromatic carbocycles. The van der Waals surface area contributed by atoms with Crippen molar-refractivity contribution >= 4 is 45.7 Å². The van der Waals surface area contributed by atoms with Crippen molar-refractivity contribution in [2.45, 2.75) is 43.5 Å². The largest absolute Gasteiger partial charge is 0.325 e. The van der Waals surface area contributed by atoms with Crippen molar-refractivity contribution in [1.82, 2.24) is 20.2 Å². The number of rotatable bonds is 7. The number of carbonyl (C=O) groups is 2. The highest BCUT2D eigenvalue weighted by Crippen LogP contribution is 2.31. The Morgan fingerprint density at radius 3 is 2.87 bits per heavy atom. The molecule has 2 heterocycles. The Balaban J connectivity index is 1.39. The van der Waals surface area contributed by atoms with Gasteiger partial charge in [-0.2, -0.15) is 0 Å². The van der Waals surface area contributed by atoms with Crippen molar-refractivity contribution in [1.29, 1.82) is 0 Å². The van der Waals surface area contributed by atoms with Crippen LogP contribution in [0.2, 0.25) is 0 Å². The summed E-state index contributed by atoms with van der Waals surface area (Å²) < 4.78 is 0. The predicted molar refractivity (Wildman–Crippen MR) is 118 cm³/mol. The first-order valence-corrected chi connectivity index (χ1v) is 11.5. The number of nitrogens with zero attached hydrogens (tertiary/aromatic N) is 3. The highest BCUT2D eigenvalue weighted by molar-refractivity contribution is 7.98. The van der Waals surface area contributed by atoms with E-state index in [0.717, 1.165) is 41.3 Å². The number of aromatic amines is 1. The molecule has 0 unspecified atom stereocenters. The molecule has 1 aliphatic rings. The molecule has 4 rings (SSSR count). The molecule has 8 nitrogen and oxygen atoms in total. The Hall–Kier alpha value is -2.72. The fourth-order valence-electron chi connectivity index (χ4n) is 3.47. The van der Waals surface area contributed by atoms with Gasteiger partial charge in [0.25, 0.3) is 0 Å². The number of thiazole rings is 1.